The Morgan fingerprint density at radius 1 is 1.16 bits per heavy atom. The molecule has 6 nitrogen and oxygen atoms in total. The van der Waals surface area contributed by atoms with Crippen LogP contribution >= 0.6 is 11.3 Å². The first-order chi connectivity index (χ1) is 12.2. The largest absolute Gasteiger partial charge is 0.395 e. The Morgan fingerprint density at radius 2 is 2.00 bits per heavy atom. The van der Waals surface area contributed by atoms with Crippen LogP contribution in [0, 0.1) is 5.41 Å². The third kappa shape index (κ3) is 3.02. The molecule has 2 aliphatic heterocycles. The highest BCUT2D eigenvalue weighted by molar-refractivity contribution is 7.18. The fourth-order valence-electron chi connectivity index (χ4n) is 3.94. The predicted molar refractivity (Wildman–Crippen MR) is 97.5 cm³/mol. The third-order valence-corrected chi connectivity index (χ3v) is 6.29. The van der Waals surface area contributed by atoms with E-state index in [0.29, 0.717) is 13.1 Å². The zero-order valence-corrected chi connectivity index (χ0v) is 14.9. The number of anilines is 1. The molecule has 2 aromatic rings. The summed E-state index contributed by atoms with van der Waals surface area (Å²) < 4.78 is 0. The average molecular weight is 358 g/mol. The number of carbonyl (C=O) groups is 1. The van der Waals surface area contributed by atoms with E-state index in [1.165, 1.54) is 0 Å². The zero-order valence-electron chi connectivity index (χ0n) is 14.1. The lowest BCUT2D eigenvalue weighted by Gasteiger charge is -2.39. The van der Waals surface area contributed by atoms with Gasteiger partial charge in [-0.05, 0) is 19.3 Å². The smallest absolute Gasteiger partial charge is 0.230 e. The number of likely N-dealkylation sites (tertiary alicyclic amines) is 1. The van der Waals surface area contributed by atoms with Crippen LogP contribution in [-0.4, -0.2) is 58.9 Å². The molecule has 1 aromatic heterocycles. The standard InChI is InChI=1S/C18H22N4O2S/c23-12-11-21-9-4-7-18(16(21)24)8-10-22(13-18)17-20-19-15(25-17)14-5-2-1-3-6-14/h1-3,5-6,23H,4,7-13H2/t18-/m1/s1. The van der Waals surface area contributed by atoms with Gasteiger partial charge in [0.25, 0.3) is 0 Å². The molecular weight excluding hydrogens is 336 g/mol. The van der Waals surface area contributed by atoms with E-state index in [9.17, 15) is 9.90 Å². The fraction of sp³-hybridized carbons (Fsp3) is 0.500. The third-order valence-electron chi connectivity index (χ3n) is 5.25. The number of aromatic nitrogens is 2. The molecule has 1 amide bonds. The zero-order chi connectivity index (χ0) is 17.3. The highest BCUT2D eigenvalue weighted by atomic mass is 32.1. The van der Waals surface area contributed by atoms with Crippen LogP contribution in [0.25, 0.3) is 10.6 Å². The lowest BCUT2D eigenvalue weighted by molar-refractivity contribution is -0.145. The number of aliphatic hydroxyl groups excluding tert-OH is 1. The SMILES string of the molecule is O=C1N(CCO)CCC[C@]12CCN(c1nnc(-c3ccccc3)s1)C2. The number of benzene rings is 1. The van der Waals surface area contributed by atoms with Crippen LogP contribution < -0.4 is 4.90 Å². The van der Waals surface area contributed by atoms with Crippen LogP contribution in [-0.2, 0) is 4.79 Å². The van der Waals surface area contributed by atoms with Crippen molar-refractivity contribution in [3.63, 3.8) is 0 Å². The van der Waals surface area contributed by atoms with Crippen LogP contribution in [0.1, 0.15) is 19.3 Å². The molecule has 1 N–H and O–H groups in total. The summed E-state index contributed by atoms with van der Waals surface area (Å²) in [5, 5.41) is 19.7. The first-order valence-corrected chi connectivity index (χ1v) is 9.58. The average Bonchev–Trinajstić information content (AvgIpc) is 3.28. The van der Waals surface area contributed by atoms with Gasteiger partial charge in [-0.2, -0.15) is 0 Å². The lowest BCUT2D eigenvalue weighted by atomic mass is 9.78. The van der Waals surface area contributed by atoms with E-state index < -0.39 is 0 Å². The number of piperidine rings is 1. The van der Waals surface area contributed by atoms with E-state index in [1.54, 1.807) is 11.3 Å². The molecule has 4 rings (SSSR count). The number of hydrogen-bond acceptors (Lipinski definition) is 6. The fourth-order valence-corrected chi connectivity index (χ4v) is 4.82. The van der Waals surface area contributed by atoms with E-state index in [0.717, 1.165) is 48.1 Å². The molecule has 0 unspecified atom stereocenters. The first kappa shape index (κ1) is 16.5. The van der Waals surface area contributed by atoms with Crippen LogP contribution in [0.2, 0.25) is 0 Å². The van der Waals surface area contributed by atoms with Gasteiger partial charge in [-0.3, -0.25) is 4.79 Å². The highest BCUT2D eigenvalue weighted by Crippen LogP contribution is 2.42. The Balaban J connectivity index is 1.51. The van der Waals surface area contributed by atoms with Gasteiger partial charge in [-0.25, -0.2) is 0 Å². The molecule has 2 saturated heterocycles. The van der Waals surface area contributed by atoms with Crippen molar-refractivity contribution < 1.29 is 9.90 Å². The Kier molecular flexibility index (Phi) is 4.43. The quantitative estimate of drug-likeness (QED) is 0.905. The summed E-state index contributed by atoms with van der Waals surface area (Å²) in [5.41, 5.74) is 0.759. The summed E-state index contributed by atoms with van der Waals surface area (Å²) in [5.74, 6) is 0.197. The molecule has 7 heteroatoms. The van der Waals surface area contributed by atoms with Gasteiger partial charge in [0.2, 0.25) is 11.0 Å². The van der Waals surface area contributed by atoms with Gasteiger partial charge in [0.1, 0.15) is 5.01 Å². The number of aliphatic hydroxyl groups is 1. The van der Waals surface area contributed by atoms with Gasteiger partial charge in [0.15, 0.2) is 0 Å². The van der Waals surface area contributed by atoms with Crippen molar-refractivity contribution in [1.29, 1.82) is 0 Å². The first-order valence-electron chi connectivity index (χ1n) is 8.76. The van der Waals surface area contributed by atoms with Crippen LogP contribution in [0.5, 0.6) is 0 Å². The molecular formula is C18H22N4O2S. The van der Waals surface area contributed by atoms with Crippen molar-refractivity contribution in [3.8, 4) is 10.6 Å². The van der Waals surface area contributed by atoms with E-state index >= 15 is 0 Å². The minimum Gasteiger partial charge on any atom is -0.395 e. The van der Waals surface area contributed by atoms with E-state index in [1.807, 2.05) is 35.2 Å². The minimum absolute atomic E-state index is 0.0301. The number of carbonyl (C=O) groups excluding carboxylic acids is 1. The molecule has 3 heterocycles. The Labute approximate surface area is 151 Å². The maximum atomic E-state index is 12.9. The molecule has 25 heavy (non-hydrogen) atoms. The molecule has 0 radical (unpaired) electrons. The molecule has 1 spiro atoms. The maximum absolute atomic E-state index is 12.9. The summed E-state index contributed by atoms with van der Waals surface area (Å²) in [6.45, 7) is 2.78. The normalized spacial score (nSPS) is 23.6. The number of amides is 1. The van der Waals surface area contributed by atoms with Crippen molar-refractivity contribution in [2.75, 3.05) is 37.7 Å². The van der Waals surface area contributed by atoms with Crippen LogP contribution in [0.15, 0.2) is 30.3 Å². The number of rotatable bonds is 4. The molecule has 0 saturated carbocycles. The maximum Gasteiger partial charge on any atom is 0.230 e. The van der Waals surface area contributed by atoms with Gasteiger partial charge in [-0.15, -0.1) is 10.2 Å². The Bertz CT molecular complexity index is 749. The topological polar surface area (TPSA) is 69.6 Å². The van der Waals surface area contributed by atoms with Crippen molar-refractivity contribution in [2.24, 2.45) is 5.41 Å². The Morgan fingerprint density at radius 3 is 2.80 bits per heavy atom. The second kappa shape index (κ2) is 6.72. The molecule has 2 aliphatic rings. The molecule has 132 valence electrons. The van der Waals surface area contributed by atoms with Crippen molar-refractivity contribution in [3.05, 3.63) is 30.3 Å². The monoisotopic (exact) mass is 358 g/mol. The number of β-amino-alcohol motifs (C(OH)–C–C–N with tert-alkyl or cyclic N) is 1. The van der Waals surface area contributed by atoms with Gasteiger partial charge in [0, 0.05) is 31.7 Å². The summed E-state index contributed by atoms with van der Waals surface area (Å²) in [6.07, 6.45) is 2.79. The van der Waals surface area contributed by atoms with Gasteiger partial charge in [-0.1, -0.05) is 41.7 Å². The van der Waals surface area contributed by atoms with Gasteiger partial charge in [0.05, 0.1) is 12.0 Å². The van der Waals surface area contributed by atoms with Crippen molar-refractivity contribution in [2.45, 2.75) is 19.3 Å². The van der Waals surface area contributed by atoms with E-state index in [-0.39, 0.29) is 17.9 Å². The van der Waals surface area contributed by atoms with Crippen LogP contribution in [0.3, 0.4) is 0 Å². The summed E-state index contributed by atoms with van der Waals surface area (Å²) in [6, 6.07) is 10.1. The molecule has 0 bridgehead atoms. The highest BCUT2D eigenvalue weighted by Gasteiger charge is 2.48. The van der Waals surface area contributed by atoms with Crippen molar-refractivity contribution in [1.82, 2.24) is 15.1 Å². The number of hydrogen-bond donors (Lipinski definition) is 1. The minimum atomic E-state index is -0.313. The predicted octanol–water partition coefficient (Wildman–Crippen LogP) is 2.02. The van der Waals surface area contributed by atoms with Gasteiger partial charge >= 0.3 is 0 Å². The number of nitrogens with zero attached hydrogens (tertiary/aromatic N) is 4. The Hall–Kier alpha value is -1.99. The summed E-state index contributed by atoms with van der Waals surface area (Å²) in [4.78, 5) is 16.9. The second-order valence-corrected chi connectivity index (χ2v) is 7.78. The van der Waals surface area contributed by atoms with Gasteiger partial charge < -0.3 is 14.9 Å². The molecule has 1 aromatic carbocycles. The van der Waals surface area contributed by atoms with Crippen LogP contribution in [0.4, 0.5) is 5.13 Å². The molecule has 2 fully saturated rings. The second-order valence-electron chi connectivity index (χ2n) is 6.83. The molecule has 0 aliphatic carbocycles. The molecule has 1 atom stereocenters. The van der Waals surface area contributed by atoms with Crippen molar-refractivity contribution >= 4 is 22.4 Å². The van der Waals surface area contributed by atoms with E-state index in [4.69, 9.17) is 0 Å². The summed E-state index contributed by atoms with van der Waals surface area (Å²) >= 11 is 1.58. The lowest BCUT2D eigenvalue weighted by Crippen LogP contribution is -2.50. The summed E-state index contributed by atoms with van der Waals surface area (Å²) in [7, 11) is 0. The van der Waals surface area contributed by atoms with E-state index in [2.05, 4.69) is 15.1 Å².